The van der Waals surface area contributed by atoms with Gasteiger partial charge in [0.25, 0.3) is 0 Å². The summed E-state index contributed by atoms with van der Waals surface area (Å²) in [6.45, 7) is 0. The number of halogens is 3. The summed E-state index contributed by atoms with van der Waals surface area (Å²) in [5.74, 6) is 0. The molecule has 0 aliphatic rings. The smallest absolute Gasteiger partial charge is 0.248 e. The maximum absolute atomic E-state index is 12.5. The molecule has 3 rings (SSSR count). The zero-order chi connectivity index (χ0) is 15.6. The van der Waals surface area contributed by atoms with Crippen LogP contribution in [0.1, 0.15) is 16.8 Å². The Kier molecular flexibility index (Phi) is 3.67. The Hall–Kier alpha value is -2.62. The molecule has 1 aromatic heterocycles. The van der Waals surface area contributed by atoms with Crippen molar-refractivity contribution in [2.75, 3.05) is 0 Å². The fourth-order valence-corrected chi connectivity index (χ4v) is 2.14. The van der Waals surface area contributed by atoms with E-state index in [1.807, 2.05) is 36.4 Å². The molecule has 1 heterocycles. The number of hydrogen-bond acceptors (Lipinski definition) is 1. The first kappa shape index (κ1) is 14.3. The highest BCUT2D eigenvalue weighted by atomic mass is 19.4. The highest BCUT2D eigenvalue weighted by Gasteiger charge is 2.29. The number of nitrogens with zero attached hydrogens (tertiary/aromatic N) is 1. The second kappa shape index (κ2) is 5.64. The molecule has 22 heavy (non-hydrogen) atoms. The van der Waals surface area contributed by atoms with Gasteiger partial charge >= 0.3 is 6.18 Å². The van der Waals surface area contributed by atoms with Crippen LogP contribution >= 0.6 is 0 Å². The number of fused-ring (bicyclic) bond motifs is 1. The molecule has 0 fully saturated rings. The van der Waals surface area contributed by atoms with Crippen LogP contribution in [0.3, 0.4) is 0 Å². The number of rotatable bonds is 2. The lowest BCUT2D eigenvalue weighted by Gasteiger charge is -2.05. The Morgan fingerprint density at radius 2 is 1.50 bits per heavy atom. The first-order valence-electron chi connectivity index (χ1n) is 6.73. The van der Waals surface area contributed by atoms with Crippen molar-refractivity contribution in [3.8, 4) is 0 Å². The van der Waals surface area contributed by atoms with Crippen molar-refractivity contribution in [1.29, 1.82) is 0 Å². The van der Waals surface area contributed by atoms with Crippen molar-refractivity contribution in [2.45, 2.75) is 6.18 Å². The third kappa shape index (κ3) is 3.17. The second-order valence-electron chi connectivity index (χ2n) is 4.88. The highest BCUT2D eigenvalue weighted by molar-refractivity contribution is 5.80. The van der Waals surface area contributed by atoms with Crippen LogP contribution in [0.15, 0.2) is 60.7 Å². The van der Waals surface area contributed by atoms with E-state index >= 15 is 0 Å². The van der Waals surface area contributed by atoms with Crippen LogP contribution in [0.25, 0.3) is 23.1 Å². The normalized spacial score (nSPS) is 12.1. The van der Waals surface area contributed by atoms with E-state index in [0.29, 0.717) is 5.56 Å². The molecular formula is C18H12F3N. The third-order valence-corrected chi connectivity index (χ3v) is 3.30. The summed E-state index contributed by atoms with van der Waals surface area (Å²) in [6.07, 6.45) is -0.769. The monoisotopic (exact) mass is 299 g/mol. The van der Waals surface area contributed by atoms with E-state index in [-0.39, 0.29) is 0 Å². The van der Waals surface area contributed by atoms with E-state index in [4.69, 9.17) is 0 Å². The van der Waals surface area contributed by atoms with Crippen molar-refractivity contribution in [2.24, 2.45) is 0 Å². The van der Waals surface area contributed by atoms with Crippen molar-refractivity contribution in [1.82, 2.24) is 4.98 Å². The van der Waals surface area contributed by atoms with E-state index in [2.05, 4.69) is 4.98 Å². The summed E-state index contributed by atoms with van der Waals surface area (Å²) in [5.41, 5.74) is 1.70. The summed E-state index contributed by atoms with van der Waals surface area (Å²) < 4.78 is 37.5. The van der Waals surface area contributed by atoms with Crippen LogP contribution < -0.4 is 0 Å². The molecule has 0 bridgehead atoms. The van der Waals surface area contributed by atoms with Gasteiger partial charge in [-0.05, 0) is 35.9 Å². The molecule has 0 saturated carbocycles. The number of pyridine rings is 1. The van der Waals surface area contributed by atoms with E-state index in [9.17, 15) is 13.2 Å². The molecule has 110 valence electrons. The lowest BCUT2D eigenvalue weighted by molar-refractivity contribution is -0.137. The van der Waals surface area contributed by atoms with Gasteiger partial charge in [0.1, 0.15) is 0 Å². The predicted octanol–water partition coefficient (Wildman–Crippen LogP) is 5.42. The summed E-state index contributed by atoms with van der Waals surface area (Å²) >= 11 is 0. The average molecular weight is 299 g/mol. The van der Waals surface area contributed by atoms with Crippen LogP contribution in [0.2, 0.25) is 0 Å². The molecule has 0 unspecified atom stereocenters. The molecule has 0 aliphatic heterocycles. The second-order valence-corrected chi connectivity index (χ2v) is 4.88. The third-order valence-electron chi connectivity index (χ3n) is 3.30. The number of para-hydroxylation sites is 1. The first-order chi connectivity index (χ1) is 10.5. The van der Waals surface area contributed by atoms with Crippen molar-refractivity contribution in [3.05, 3.63) is 77.5 Å². The number of alkyl halides is 3. The van der Waals surface area contributed by atoms with Gasteiger partial charge in [0.05, 0.1) is 16.8 Å². The molecule has 4 heteroatoms. The van der Waals surface area contributed by atoms with Crippen LogP contribution in [-0.4, -0.2) is 4.98 Å². The number of aromatic nitrogens is 1. The minimum atomic E-state index is -4.30. The molecule has 2 aromatic carbocycles. The van der Waals surface area contributed by atoms with Gasteiger partial charge in [-0.3, -0.25) is 0 Å². The summed E-state index contributed by atoms with van der Waals surface area (Å²) in [6, 6.07) is 16.6. The van der Waals surface area contributed by atoms with Crippen molar-refractivity contribution >= 4 is 23.1 Å². The lowest BCUT2D eigenvalue weighted by Crippen LogP contribution is -2.03. The summed E-state index contributed by atoms with van der Waals surface area (Å²) in [5, 5.41) is 1.05. The van der Waals surface area contributed by atoms with Gasteiger partial charge in [-0.1, -0.05) is 42.5 Å². The van der Waals surface area contributed by atoms with Gasteiger partial charge in [0, 0.05) is 5.39 Å². The Morgan fingerprint density at radius 3 is 2.23 bits per heavy atom. The van der Waals surface area contributed by atoms with E-state index in [1.54, 1.807) is 12.2 Å². The fraction of sp³-hybridized carbons (Fsp3) is 0.0556. The van der Waals surface area contributed by atoms with E-state index in [0.717, 1.165) is 28.7 Å². The van der Waals surface area contributed by atoms with Gasteiger partial charge in [0.15, 0.2) is 0 Å². The van der Waals surface area contributed by atoms with Crippen LogP contribution in [0.5, 0.6) is 0 Å². The minimum Gasteiger partial charge on any atom is -0.248 e. The Balaban J connectivity index is 1.83. The SMILES string of the molecule is FC(F)(F)c1ccc(/C=C/c2ccc3ccccc3n2)cc1. The van der Waals surface area contributed by atoms with Gasteiger partial charge in [-0.15, -0.1) is 0 Å². The first-order valence-corrected chi connectivity index (χ1v) is 6.73. The van der Waals surface area contributed by atoms with Crippen molar-refractivity contribution in [3.63, 3.8) is 0 Å². The minimum absolute atomic E-state index is 0.645. The molecular weight excluding hydrogens is 287 g/mol. The molecule has 0 spiro atoms. The molecule has 0 saturated heterocycles. The molecule has 0 N–H and O–H groups in total. The molecule has 0 atom stereocenters. The van der Waals surface area contributed by atoms with E-state index < -0.39 is 11.7 Å². The topological polar surface area (TPSA) is 12.9 Å². The Morgan fingerprint density at radius 1 is 0.773 bits per heavy atom. The zero-order valence-electron chi connectivity index (χ0n) is 11.5. The average Bonchev–Trinajstić information content (AvgIpc) is 2.52. The Bertz CT molecular complexity index is 818. The van der Waals surface area contributed by atoms with Crippen LogP contribution in [0.4, 0.5) is 13.2 Å². The number of hydrogen-bond donors (Lipinski definition) is 0. The number of benzene rings is 2. The van der Waals surface area contributed by atoms with Crippen LogP contribution in [0, 0.1) is 0 Å². The lowest BCUT2D eigenvalue weighted by atomic mass is 10.1. The quantitative estimate of drug-likeness (QED) is 0.615. The fourth-order valence-electron chi connectivity index (χ4n) is 2.14. The van der Waals surface area contributed by atoms with Gasteiger partial charge in [-0.2, -0.15) is 13.2 Å². The summed E-state index contributed by atoms with van der Waals surface area (Å²) in [4.78, 5) is 4.48. The molecule has 0 aliphatic carbocycles. The maximum Gasteiger partial charge on any atom is 0.416 e. The Labute approximate surface area is 125 Å². The molecule has 3 aromatic rings. The van der Waals surface area contributed by atoms with Gasteiger partial charge < -0.3 is 0 Å². The zero-order valence-corrected chi connectivity index (χ0v) is 11.5. The maximum atomic E-state index is 12.5. The van der Waals surface area contributed by atoms with E-state index in [1.165, 1.54) is 12.1 Å². The summed E-state index contributed by atoms with van der Waals surface area (Å²) in [7, 11) is 0. The van der Waals surface area contributed by atoms with Crippen molar-refractivity contribution < 1.29 is 13.2 Å². The standard InChI is InChI=1S/C18H12F3N/c19-18(20,21)15-9-5-13(6-10-15)7-11-16-12-8-14-3-1-2-4-17(14)22-16/h1-12H/b11-7+. The largest absolute Gasteiger partial charge is 0.416 e. The highest BCUT2D eigenvalue weighted by Crippen LogP contribution is 2.29. The van der Waals surface area contributed by atoms with Gasteiger partial charge in [-0.25, -0.2) is 4.98 Å². The van der Waals surface area contributed by atoms with Crippen LogP contribution in [-0.2, 0) is 6.18 Å². The predicted molar refractivity (Wildman–Crippen MR) is 82.1 cm³/mol. The molecule has 0 amide bonds. The van der Waals surface area contributed by atoms with Gasteiger partial charge in [0.2, 0.25) is 0 Å². The molecule has 0 radical (unpaired) electrons. The molecule has 1 nitrogen and oxygen atoms in total.